The average Bonchev–Trinajstić information content (AvgIpc) is 3.26. The van der Waals surface area contributed by atoms with Crippen molar-refractivity contribution in [1.82, 2.24) is 10.6 Å². The van der Waals surface area contributed by atoms with Crippen LogP contribution >= 0.6 is 0 Å². The number of amides is 2. The molecule has 0 aliphatic carbocycles. The highest BCUT2D eigenvalue weighted by atomic mass is 16.5. The van der Waals surface area contributed by atoms with Gasteiger partial charge in [0.15, 0.2) is 0 Å². The Balaban J connectivity index is 1.73. The van der Waals surface area contributed by atoms with E-state index in [4.69, 9.17) is 9.47 Å². The summed E-state index contributed by atoms with van der Waals surface area (Å²) in [5.41, 5.74) is 1.44. The van der Waals surface area contributed by atoms with Crippen LogP contribution in [0.15, 0.2) is 60.3 Å². The van der Waals surface area contributed by atoms with Crippen LogP contribution in [0.25, 0.3) is 6.08 Å². The number of hydrogen-bond acceptors (Lipinski definition) is 4. The molecule has 0 spiro atoms. The zero-order chi connectivity index (χ0) is 19.8. The third kappa shape index (κ3) is 5.44. The maximum Gasteiger partial charge on any atom is 0.267 e. The van der Waals surface area contributed by atoms with E-state index in [1.54, 1.807) is 37.5 Å². The van der Waals surface area contributed by atoms with Gasteiger partial charge in [0.05, 0.1) is 13.2 Å². The molecule has 0 radical (unpaired) electrons. The van der Waals surface area contributed by atoms with Gasteiger partial charge in [-0.2, -0.15) is 0 Å². The Kier molecular flexibility index (Phi) is 6.81. The summed E-state index contributed by atoms with van der Waals surface area (Å²) in [4.78, 5) is 25.3. The van der Waals surface area contributed by atoms with Gasteiger partial charge >= 0.3 is 0 Å². The molecular weight excluding hydrogens is 356 g/mol. The molecule has 146 valence electrons. The fraction of sp³-hybridized carbons (Fsp3) is 0.273. The molecule has 2 amide bonds. The molecule has 2 N–H and O–H groups in total. The van der Waals surface area contributed by atoms with Crippen LogP contribution in [0.1, 0.15) is 28.8 Å². The van der Waals surface area contributed by atoms with Crippen LogP contribution in [0.5, 0.6) is 5.75 Å². The molecule has 1 atom stereocenters. The van der Waals surface area contributed by atoms with Gasteiger partial charge in [0.25, 0.3) is 11.8 Å². The molecule has 28 heavy (non-hydrogen) atoms. The van der Waals surface area contributed by atoms with Gasteiger partial charge in [0.1, 0.15) is 11.4 Å². The summed E-state index contributed by atoms with van der Waals surface area (Å²) in [6.45, 7) is 1.14. The molecule has 2 aromatic carbocycles. The summed E-state index contributed by atoms with van der Waals surface area (Å²) < 4.78 is 10.6. The second-order valence-electron chi connectivity index (χ2n) is 6.50. The van der Waals surface area contributed by atoms with E-state index in [1.807, 2.05) is 30.3 Å². The fourth-order valence-corrected chi connectivity index (χ4v) is 2.92. The first-order valence-corrected chi connectivity index (χ1v) is 9.27. The van der Waals surface area contributed by atoms with Gasteiger partial charge in [0, 0.05) is 18.7 Å². The number of carbonyl (C=O) groups is 2. The molecule has 1 unspecified atom stereocenters. The highest BCUT2D eigenvalue weighted by molar-refractivity contribution is 6.05. The third-order valence-electron chi connectivity index (χ3n) is 4.47. The Bertz CT molecular complexity index is 825. The fourth-order valence-electron chi connectivity index (χ4n) is 2.92. The lowest BCUT2D eigenvalue weighted by Crippen LogP contribution is -2.38. The van der Waals surface area contributed by atoms with Crippen molar-refractivity contribution in [1.29, 1.82) is 0 Å². The van der Waals surface area contributed by atoms with E-state index in [2.05, 4.69) is 10.6 Å². The molecule has 0 saturated carbocycles. The Labute approximate surface area is 164 Å². The van der Waals surface area contributed by atoms with Crippen LogP contribution < -0.4 is 15.4 Å². The molecule has 6 heteroatoms. The van der Waals surface area contributed by atoms with E-state index in [0.717, 1.165) is 25.0 Å². The molecule has 1 aliphatic rings. The van der Waals surface area contributed by atoms with Gasteiger partial charge in [-0.1, -0.05) is 30.3 Å². The zero-order valence-electron chi connectivity index (χ0n) is 15.8. The smallest absolute Gasteiger partial charge is 0.267 e. The molecule has 6 nitrogen and oxygen atoms in total. The molecule has 0 aromatic heterocycles. The minimum atomic E-state index is -0.364. The minimum absolute atomic E-state index is 0.0271. The number of carbonyl (C=O) groups excluding carboxylic acids is 2. The zero-order valence-corrected chi connectivity index (χ0v) is 15.8. The highest BCUT2D eigenvalue weighted by Gasteiger charge is 2.19. The molecular formula is C22H24N2O4. The molecule has 1 saturated heterocycles. The van der Waals surface area contributed by atoms with Crippen molar-refractivity contribution >= 4 is 17.9 Å². The van der Waals surface area contributed by atoms with Crippen LogP contribution in [0.3, 0.4) is 0 Å². The summed E-state index contributed by atoms with van der Waals surface area (Å²) in [6.07, 6.45) is 3.61. The number of rotatable bonds is 7. The Morgan fingerprint density at radius 1 is 1.14 bits per heavy atom. The van der Waals surface area contributed by atoms with Crippen LogP contribution in [-0.4, -0.2) is 38.2 Å². The SMILES string of the molecule is COc1ccc(C(=O)NC(=Cc2ccccc2)C(=O)NCC2CCCO2)cc1. The van der Waals surface area contributed by atoms with Crippen molar-refractivity contribution in [3.8, 4) is 5.75 Å². The summed E-state index contributed by atoms with van der Waals surface area (Å²) in [7, 11) is 1.56. The van der Waals surface area contributed by atoms with Crippen molar-refractivity contribution in [2.75, 3.05) is 20.3 Å². The van der Waals surface area contributed by atoms with Crippen LogP contribution in [0, 0.1) is 0 Å². The lowest BCUT2D eigenvalue weighted by Gasteiger charge is -2.14. The van der Waals surface area contributed by atoms with Crippen LogP contribution in [-0.2, 0) is 9.53 Å². The van der Waals surface area contributed by atoms with Crippen LogP contribution in [0.2, 0.25) is 0 Å². The van der Waals surface area contributed by atoms with Crippen molar-refractivity contribution < 1.29 is 19.1 Å². The molecule has 1 heterocycles. The quantitative estimate of drug-likeness (QED) is 0.724. The number of ether oxygens (including phenoxy) is 2. The van der Waals surface area contributed by atoms with Gasteiger partial charge in [-0.25, -0.2) is 0 Å². The van der Waals surface area contributed by atoms with Crippen molar-refractivity contribution in [3.63, 3.8) is 0 Å². The average molecular weight is 380 g/mol. The van der Waals surface area contributed by atoms with Gasteiger partial charge in [-0.3, -0.25) is 9.59 Å². The van der Waals surface area contributed by atoms with Gasteiger partial charge in [-0.15, -0.1) is 0 Å². The topological polar surface area (TPSA) is 76.7 Å². The van der Waals surface area contributed by atoms with Crippen LogP contribution in [0.4, 0.5) is 0 Å². The first kappa shape index (κ1) is 19.6. The molecule has 2 aromatic rings. The normalized spacial score (nSPS) is 16.5. The minimum Gasteiger partial charge on any atom is -0.497 e. The highest BCUT2D eigenvalue weighted by Crippen LogP contribution is 2.13. The van der Waals surface area contributed by atoms with Gasteiger partial charge < -0.3 is 20.1 Å². The second-order valence-corrected chi connectivity index (χ2v) is 6.50. The molecule has 0 bridgehead atoms. The number of benzene rings is 2. The maximum absolute atomic E-state index is 12.7. The van der Waals surface area contributed by atoms with E-state index in [1.165, 1.54) is 0 Å². The third-order valence-corrected chi connectivity index (χ3v) is 4.47. The molecule has 1 fully saturated rings. The lowest BCUT2D eigenvalue weighted by molar-refractivity contribution is -0.118. The maximum atomic E-state index is 12.7. The van der Waals surface area contributed by atoms with E-state index < -0.39 is 0 Å². The molecule has 3 rings (SSSR count). The van der Waals surface area contributed by atoms with Gasteiger partial charge in [0.2, 0.25) is 0 Å². The van der Waals surface area contributed by atoms with E-state index in [0.29, 0.717) is 17.9 Å². The van der Waals surface area contributed by atoms with E-state index in [-0.39, 0.29) is 23.6 Å². The van der Waals surface area contributed by atoms with E-state index in [9.17, 15) is 9.59 Å². The Hall–Kier alpha value is -3.12. The summed E-state index contributed by atoms with van der Waals surface area (Å²) in [5.74, 6) is -0.0516. The predicted octanol–water partition coefficient (Wildman–Crippen LogP) is 2.76. The summed E-state index contributed by atoms with van der Waals surface area (Å²) in [6, 6.07) is 16.1. The van der Waals surface area contributed by atoms with Crippen molar-refractivity contribution in [2.45, 2.75) is 18.9 Å². The second kappa shape index (κ2) is 9.71. The van der Waals surface area contributed by atoms with Crippen molar-refractivity contribution in [3.05, 3.63) is 71.4 Å². The largest absolute Gasteiger partial charge is 0.497 e. The van der Waals surface area contributed by atoms with Crippen molar-refractivity contribution in [2.24, 2.45) is 0 Å². The predicted molar refractivity (Wildman–Crippen MR) is 107 cm³/mol. The summed E-state index contributed by atoms with van der Waals surface area (Å²) in [5, 5.41) is 5.58. The monoisotopic (exact) mass is 380 g/mol. The lowest BCUT2D eigenvalue weighted by atomic mass is 10.1. The number of hydrogen-bond donors (Lipinski definition) is 2. The Morgan fingerprint density at radius 2 is 1.89 bits per heavy atom. The first-order chi connectivity index (χ1) is 13.7. The molecule has 1 aliphatic heterocycles. The standard InChI is InChI=1S/C22H24N2O4/c1-27-18-11-9-17(10-12-18)21(25)24-20(14-16-6-3-2-4-7-16)22(26)23-15-19-8-5-13-28-19/h2-4,6-7,9-12,14,19H,5,8,13,15H2,1H3,(H,23,26)(H,24,25). The first-order valence-electron chi connectivity index (χ1n) is 9.27. The number of nitrogens with one attached hydrogen (secondary N) is 2. The van der Waals surface area contributed by atoms with E-state index >= 15 is 0 Å². The number of methoxy groups -OCH3 is 1. The summed E-state index contributed by atoms with van der Waals surface area (Å²) >= 11 is 0. The Morgan fingerprint density at radius 3 is 2.54 bits per heavy atom. The van der Waals surface area contributed by atoms with Gasteiger partial charge in [-0.05, 0) is 48.7 Å².